The summed E-state index contributed by atoms with van der Waals surface area (Å²) in [6.07, 6.45) is 4.85. The first-order chi connectivity index (χ1) is 12.7. The Hall–Kier alpha value is -3.48. The first-order valence-electron chi connectivity index (χ1n) is 8.23. The number of nitrogens with one attached hydrogen (secondary N) is 2. The number of hydrogen-bond acceptors (Lipinski definition) is 6. The average molecular weight is 349 g/mol. The standard InChI is InChI=1S/C19H19N5O2/c1-2-26-16-7-5-15(6-8-16)24-19(25)17-10-18(23-13-22-17)21-12-14-4-3-9-20-11-14/h3-11,13H,2,12H2,1H3,(H,24,25)(H,21,22,23). The third-order valence-electron chi connectivity index (χ3n) is 3.52. The van der Waals surface area contributed by atoms with Gasteiger partial charge in [0.2, 0.25) is 0 Å². The normalized spacial score (nSPS) is 10.2. The van der Waals surface area contributed by atoms with Gasteiger partial charge < -0.3 is 15.4 Å². The van der Waals surface area contributed by atoms with E-state index in [0.717, 1.165) is 11.3 Å². The summed E-state index contributed by atoms with van der Waals surface area (Å²) >= 11 is 0. The fourth-order valence-corrected chi connectivity index (χ4v) is 2.27. The van der Waals surface area contributed by atoms with Crippen LogP contribution in [0.4, 0.5) is 11.5 Å². The van der Waals surface area contributed by atoms with E-state index < -0.39 is 0 Å². The number of carbonyl (C=O) groups is 1. The highest BCUT2D eigenvalue weighted by atomic mass is 16.5. The lowest BCUT2D eigenvalue weighted by molar-refractivity contribution is 0.102. The molecule has 0 unspecified atom stereocenters. The minimum Gasteiger partial charge on any atom is -0.494 e. The summed E-state index contributed by atoms with van der Waals surface area (Å²) in [6, 6.07) is 12.6. The maximum Gasteiger partial charge on any atom is 0.274 e. The number of hydrogen-bond donors (Lipinski definition) is 2. The summed E-state index contributed by atoms with van der Waals surface area (Å²) in [5.74, 6) is 1.02. The second-order valence-corrected chi connectivity index (χ2v) is 5.41. The van der Waals surface area contributed by atoms with Gasteiger partial charge >= 0.3 is 0 Å². The van der Waals surface area contributed by atoms with Crippen LogP contribution in [-0.4, -0.2) is 27.5 Å². The van der Waals surface area contributed by atoms with E-state index in [4.69, 9.17) is 4.74 Å². The molecule has 2 heterocycles. The zero-order chi connectivity index (χ0) is 18.2. The molecule has 2 N–H and O–H groups in total. The molecule has 0 saturated carbocycles. The fraction of sp³-hybridized carbons (Fsp3) is 0.158. The van der Waals surface area contributed by atoms with Crippen LogP contribution in [0.5, 0.6) is 5.75 Å². The van der Waals surface area contributed by atoms with Crippen molar-refractivity contribution in [2.45, 2.75) is 13.5 Å². The number of benzene rings is 1. The molecule has 0 aliphatic carbocycles. The number of amides is 1. The Labute approximate surface area is 151 Å². The van der Waals surface area contributed by atoms with Crippen molar-refractivity contribution in [1.29, 1.82) is 0 Å². The third kappa shape index (κ3) is 4.76. The number of nitrogens with zero attached hydrogens (tertiary/aromatic N) is 3. The van der Waals surface area contributed by atoms with Gasteiger partial charge in [-0.3, -0.25) is 9.78 Å². The summed E-state index contributed by atoms with van der Waals surface area (Å²) in [5.41, 5.74) is 1.97. The smallest absolute Gasteiger partial charge is 0.274 e. The highest BCUT2D eigenvalue weighted by Gasteiger charge is 2.09. The van der Waals surface area contributed by atoms with Crippen molar-refractivity contribution >= 4 is 17.4 Å². The molecule has 0 radical (unpaired) electrons. The first kappa shape index (κ1) is 17.3. The van der Waals surface area contributed by atoms with Crippen LogP contribution < -0.4 is 15.4 Å². The molecule has 0 saturated heterocycles. The minimum absolute atomic E-state index is 0.280. The summed E-state index contributed by atoms with van der Waals surface area (Å²) < 4.78 is 5.38. The molecule has 3 rings (SSSR count). The Morgan fingerprint density at radius 2 is 2.00 bits per heavy atom. The van der Waals surface area contributed by atoms with E-state index in [0.29, 0.717) is 24.7 Å². The molecule has 0 aliphatic heterocycles. The van der Waals surface area contributed by atoms with Crippen LogP contribution in [-0.2, 0) is 6.54 Å². The Morgan fingerprint density at radius 3 is 2.73 bits per heavy atom. The Balaban J connectivity index is 1.62. The van der Waals surface area contributed by atoms with Crippen molar-refractivity contribution < 1.29 is 9.53 Å². The SMILES string of the molecule is CCOc1ccc(NC(=O)c2cc(NCc3cccnc3)ncn2)cc1. The summed E-state index contributed by atoms with van der Waals surface area (Å²) in [4.78, 5) is 24.6. The van der Waals surface area contributed by atoms with Crippen molar-refractivity contribution in [2.24, 2.45) is 0 Å². The molecule has 0 atom stereocenters. The Bertz CT molecular complexity index is 853. The molecule has 132 valence electrons. The topological polar surface area (TPSA) is 89.0 Å². The lowest BCUT2D eigenvalue weighted by atomic mass is 10.2. The van der Waals surface area contributed by atoms with E-state index in [2.05, 4.69) is 25.6 Å². The number of aromatic nitrogens is 3. The van der Waals surface area contributed by atoms with Crippen LogP contribution in [0, 0.1) is 0 Å². The van der Waals surface area contributed by atoms with Crippen molar-refractivity contribution in [1.82, 2.24) is 15.0 Å². The Kier molecular flexibility index (Phi) is 5.72. The summed E-state index contributed by atoms with van der Waals surface area (Å²) in [6.45, 7) is 3.08. The molecule has 0 aliphatic rings. The van der Waals surface area contributed by atoms with Crippen LogP contribution in [0.1, 0.15) is 23.0 Å². The number of pyridine rings is 1. The van der Waals surface area contributed by atoms with Gasteiger partial charge in [0.15, 0.2) is 0 Å². The van der Waals surface area contributed by atoms with Gasteiger partial charge in [-0.2, -0.15) is 0 Å². The van der Waals surface area contributed by atoms with Crippen LogP contribution in [0.15, 0.2) is 61.2 Å². The number of anilines is 2. The molecular formula is C19H19N5O2. The zero-order valence-electron chi connectivity index (χ0n) is 14.3. The van der Waals surface area contributed by atoms with Crippen molar-refractivity contribution in [3.8, 4) is 5.75 Å². The fourth-order valence-electron chi connectivity index (χ4n) is 2.27. The lowest BCUT2D eigenvalue weighted by Crippen LogP contribution is -2.14. The van der Waals surface area contributed by atoms with E-state index >= 15 is 0 Å². The molecule has 1 aromatic carbocycles. The molecule has 1 amide bonds. The maximum atomic E-state index is 12.4. The van der Waals surface area contributed by atoms with E-state index in [1.165, 1.54) is 6.33 Å². The number of rotatable bonds is 7. The highest BCUT2D eigenvalue weighted by Crippen LogP contribution is 2.16. The largest absolute Gasteiger partial charge is 0.494 e. The van der Waals surface area contributed by atoms with Crippen LogP contribution in [0.25, 0.3) is 0 Å². The van der Waals surface area contributed by atoms with Gasteiger partial charge in [-0.05, 0) is 42.8 Å². The highest BCUT2D eigenvalue weighted by molar-refractivity contribution is 6.03. The van der Waals surface area contributed by atoms with Crippen molar-refractivity contribution in [3.05, 3.63) is 72.4 Å². The van der Waals surface area contributed by atoms with Gasteiger partial charge in [-0.25, -0.2) is 9.97 Å². The zero-order valence-corrected chi connectivity index (χ0v) is 14.3. The predicted octanol–water partition coefficient (Wildman–Crippen LogP) is 3.13. The van der Waals surface area contributed by atoms with E-state index in [1.54, 1.807) is 42.7 Å². The second-order valence-electron chi connectivity index (χ2n) is 5.41. The quantitative estimate of drug-likeness (QED) is 0.681. The van der Waals surface area contributed by atoms with E-state index in [-0.39, 0.29) is 11.6 Å². The van der Waals surface area contributed by atoms with Crippen molar-refractivity contribution in [3.63, 3.8) is 0 Å². The predicted molar refractivity (Wildman–Crippen MR) is 99.2 cm³/mol. The molecule has 0 fully saturated rings. The summed E-state index contributed by atoms with van der Waals surface area (Å²) in [5, 5.41) is 5.96. The first-order valence-corrected chi connectivity index (χ1v) is 8.23. The molecular weight excluding hydrogens is 330 g/mol. The number of ether oxygens (including phenoxy) is 1. The van der Waals surface area contributed by atoms with Gasteiger partial charge in [0.05, 0.1) is 6.61 Å². The van der Waals surface area contributed by atoms with Crippen molar-refractivity contribution in [2.75, 3.05) is 17.2 Å². The average Bonchev–Trinajstić information content (AvgIpc) is 2.69. The summed E-state index contributed by atoms with van der Waals surface area (Å²) in [7, 11) is 0. The van der Waals surface area contributed by atoms with Gasteiger partial charge in [0.1, 0.15) is 23.6 Å². The molecule has 26 heavy (non-hydrogen) atoms. The van der Waals surface area contributed by atoms with Gasteiger partial charge in [-0.15, -0.1) is 0 Å². The minimum atomic E-state index is -0.305. The van der Waals surface area contributed by atoms with Crippen LogP contribution in [0.2, 0.25) is 0 Å². The number of carbonyl (C=O) groups excluding carboxylic acids is 1. The second kappa shape index (κ2) is 8.57. The molecule has 0 bridgehead atoms. The van der Waals surface area contributed by atoms with E-state index in [1.807, 2.05) is 19.1 Å². The maximum absolute atomic E-state index is 12.4. The van der Waals surface area contributed by atoms with Gasteiger partial charge in [0, 0.05) is 30.7 Å². The lowest BCUT2D eigenvalue weighted by Gasteiger charge is -2.08. The molecule has 0 spiro atoms. The molecule has 7 heteroatoms. The van der Waals surface area contributed by atoms with Crippen LogP contribution in [0.3, 0.4) is 0 Å². The Morgan fingerprint density at radius 1 is 1.15 bits per heavy atom. The monoisotopic (exact) mass is 349 g/mol. The molecule has 3 aromatic rings. The van der Waals surface area contributed by atoms with E-state index in [9.17, 15) is 4.79 Å². The van der Waals surface area contributed by atoms with Gasteiger partial charge in [-0.1, -0.05) is 6.07 Å². The molecule has 7 nitrogen and oxygen atoms in total. The molecule has 2 aromatic heterocycles. The third-order valence-corrected chi connectivity index (χ3v) is 3.52. The van der Waals surface area contributed by atoms with Crippen LogP contribution >= 0.6 is 0 Å². The van der Waals surface area contributed by atoms with Gasteiger partial charge in [0.25, 0.3) is 5.91 Å².